The van der Waals surface area contributed by atoms with Crippen LogP contribution in [0.2, 0.25) is 0 Å². The lowest BCUT2D eigenvalue weighted by atomic mass is 10.1. The van der Waals surface area contributed by atoms with E-state index in [1.807, 2.05) is 60.7 Å². The van der Waals surface area contributed by atoms with Gasteiger partial charge in [-0.25, -0.2) is 0 Å². The van der Waals surface area contributed by atoms with E-state index in [9.17, 15) is 9.90 Å². The molecule has 1 aliphatic carbocycles. The molecule has 4 N–H and O–H groups in total. The largest absolute Gasteiger partial charge is 0.490 e. The molecule has 2 aromatic rings. The highest BCUT2D eigenvalue weighted by Crippen LogP contribution is 2.31. The summed E-state index contributed by atoms with van der Waals surface area (Å²) in [4.78, 5) is 15.4. The molecule has 1 amide bonds. The van der Waals surface area contributed by atoms with Crippen LogP contribution in [-0.4, -0.2) is 76.6 Å². The molecule has 1 saturated heterocycles. The Morgan fingerprint density at radius 2 is 1.67 bits per heavy atom. The van der Waals surface area contributed by atoms with E-state index in [0.29, 0.717) is 43.1 Å². The number of aliphatic hydroxyl groups is 2. The molecule has 232 valence electrons. The van der Waals surface area contributed by atoms with Gasteiger partial charge in [0.1, 0.15) is 29.4 Å². The summed E-state index contributed by atoms with van der Waals surface area (Å²) in [5.74, 6) is 1.17. The van der Waals surface area contributed by atoms with Gasteiger partial charge in [0.25, 0.3) is 5.91 Å². The normalized spacial score (nSPS) is 19.3. The monoisotopic (exact) mass is 625 g/mol. The van der Waals surface area contributed by atoms with Crippen molar-refractivity contribution >= 4 is 30.3 Å². The molecule has 8 nitrogen and oxygen atoms in total. The number of carbonyl (C=O) groups is 1. The number of ether oxygens (including phenoxy) is 2. The zero-order valence-corrected chi connectivity index (χ0v) is 26.1. The second-order valence-corrected chi connectivity index (χ2v) is 12.4. The summed E-state index contributed by atoms with van der Waals surface area (Å²) in [5, 5.41) is 26.7. The Kier molecular flexibility index (Phi) is 14.2. The number of benzene rings is 2. The average Bonchev–Trinajstić information content (AvgIpc) is 3.38. The van der Waals surface area contributed by atoms with Crippen molar-refractivity contribution in [3.63, 3.8) is 0 Å². The van der Waals surface area contributed by atoms with Gasteiger partial charge in [0.15, 0.2) is 0 Å². The Bertz CT molecular complexity index is 1230. The zero-order chi connectivity index (χ0) is 30.3. The third-order valence-electron chi connectivity index (χ3n) is 7.15. The van der Waals surface area contributed by atoms with Gasteiger partial charge in [0.05, 0.1) is 13.2 Å². The summed E-state index contributed by atoms with van der Waals surface area (Å²) >= 11 is 6.22. The smallest absolute Gasteiger partial charge is 0.255 e. The van der Waals surface area contributed by atoms with Gasteiger partial charge >= 0.3 is 0 Å². The molecule has 43 heavy (non-hydrogen) atoms. The third-order valence-corrected chi connectivity index (χ3v) is 8.85. The van der Waals surface area contributed by atoms with Crippen molar-refractivity contribution in [2.75, 3.05) is 38.5 Å². The molecule has 4 rings (SSSR count). The number of thiol groups is 1. The third kappa shape index (κ3) is 10.5. The highest BCUT2D eigenvalue weighted by atomic mass is 32.2. The number of nitrogens with zero attached hydrogens (tertiary/aromatic N) is 1. The molecule has 2 aliphatic rings. The summed E-state index contributed by atoms with van der Waals surface area (Å²) < 4.78 is 12.7. The van der Waals surface area contributed by atoms with Crippen LogP contribution in [0.5, 0.6) is 0 Å². The molecule has 1 aliphatic heterocycles. The lowest BCUT2D eigenvalue weighted by molar-refractivity contribution is -0.125. The molecule has 0 radical (unpaired) electrons. The molecule has 0 saturated carbocycles. The van der Waals surface area contributed by atoms with Crippen LogP contribution in [0, 0.1) is 0 Å². The fourth-order valence-corrected chi connectivity index (χ4v) is 6.23. The topological polar surface area (TPSA) is 103 Å². The number of hydrogen-bond donors (Lipinski definition) is 5. The summed E-state index contributed by atoms with van der Waals surface area (Å²) in [5.41, 5.74) is 2.96. The van der Waals surface area contributed by atoms with E-state index in [1.165, 1.54) is 0 Å². The maximum absolute atomic E-state index is 13.6. The van der Waals surface area contributed by atoms with Crippen molar-refractivity contribution in [2.24, 2.45) is 0 Å². The van der Waals surface area contributed by atoms with Gasteiger partial charge in [0.2, 0.25) is 0 Å². The van der Waals surface area contributed by atoms with Crippen molar-refractivity contribution < 1.29 is 24.5 Å². The molecule has 1 heterocycles. The molecule has 0 aromatic heterocycles. The maximum Gasteiger partial charge on any atom is 0.255 e. The van der Waals surface area contributed by atoms with Gasteiger partial charge in [-0.15, -0.1) is 24.4 Å². The predicted molar refractivity (Wildman–Crippen MR) is 175 cm³/mol. The van der Waals surface area contributed by atoms with Gasteiger partial charge < -0.3 is 29.9 Å². The maximum atomic E-state index is 13.6. The molecule has 0 bridgehead atoms. The Morgan fingerprint density at radius 1 is 0.977 bits per heavy atom. The van der Waals surface area contributed by atoms with Crippen LogP contribution in [0.25, 0.3) is 0 Å². The van der Waals surface area contributed by atoms with Crippen molar-refractivity contribution in [3.05, 3.63) is 107 Å². The van der Waals surface area contributed by atoms with Gasteiger partial charge in [-0.2, -0.15) is 0 Å². The van der Waals surface area contributed by atoms with Crippen LogP contribution >= 0.6 is 24.4 Å². The van der Waals surface area contributed by atoms with Crippen LogP contribution in [0.3, 0.4) is 0 Å². The molecular weight excluding hydrogens is 583 g/mol. The average molecular weight is 626 g/mol. The van der Waals surface area contributed by atoms with Gasteiger partial charge in [-0.05, 0) is 49.2 Å². The Morgan fingerprint density at radius 3 is 2.35 bits per heavy atom. The summed E-state index contributed by atoms with van der Waals surface area (Å²) in [6, 6.07) is 19.7. The quantitative estimate of drug-likeness (QED) is 0.102. The SMILES string of the molecule is O=C(C1=CC(OCc2ccccc2)C(OCc2ccccc2)=C(C(O)NCCCCCNCCO)C=C1)N1CCSC1S. The fourth-order valence-electron chi connectivity index (χ4n) is 4.80. The van der Waals surface area contributed by atoms with Crippen LogP contribution in [0.1, 0.15) is 30.4 Å². The van der Waals surface area contributed by atoms with E-state index >= 15 is 0 Å². The second kappa shape index (κ2) is 18.3. The highest BCUT2D eigenvalue weighted by Gasteiger charge is 2.31. The van der Waals surface area contributed by atoms with Crippen LogP contribution in [0.4, 0.5) is 0 Å². The van der Waals surface area contributed by atoms with E-state index in [1.54, 1.807) is 34.9 Å². The Balaban J connectivity index is 1.56. The van der Waals surface area contributed by atoms with Crippen molar-refractivity contribution in [1.29, 1.82) is 0 Å². The number of carbonyl (C=O) groups excluding carboxylic acids is 1. The van der Waals surface area contributed by atoms with Crippen molar-refractivity contribution in [3.8, 4) is 0 Å². The number of amides is 1. The van der Waals surface area contributed by atoms with Crippen LogP contribution in [0.15, 0.2) is 95.8 Å². The van der Waals surface area contributed by atoms with Crippen molar-refractivity contribution in [2.45, 2.75) is 49.5 Å². The van der Waals surface area contributed by atoms with E-state index in [0.717, 1.165) is 42.7 Å². The van der Waals surface area contributed by atoms with Gasteiger partial charge in [0, 0.05) is 30.0 Å². The first-order chi connectivity index (χ1) is 21.1. The van der Waals surface area contributed by atoms with E-state index in [-0.39, 0.29) is 23.8 Å². The predicted octanol–water partition coefficient (Wildman–Crippen LogP) is 3.99. The number of nitrogens with one attached hydrogen (secondary N) is 2. The first-order valence-corrected chi connectivity index (χ1v) is 16.4. The number of thioether (sulfide) groups is 1. The summed E-state index contributed by atoms with van der Waals surface area (Å²) in [6.07, 6.45) is 6.41. The molecule has 2 aromatic carbocycles. The minimum atomic E-state index is -1.03. The first kappa shape index (κ1) is 33.3. The highest BCUT2D eigenvalue weighted by molar-refractivity contribution is 8.10. The Hall–Kier alpha value is -2.57. The molecule has 0 spiro atoms. The zero-order valence-electron chi connectivity index (χ0n) is 24.4. The minimum Gasteiger partial charge on any atom is -0.490 e. The number of rotatable bonds is 17. The lowest BCUT2D eigenvalue weighted by Gasteiger charge is -2.24. The molecule has 3 unspecified atom stereocenters. The van der Waals surface area contributed by atoms with E-state index < -0.39 is 12.3 Å². The lowest BCUT2D eigenvalue weighted by Crippen LogP contribution is -2.34. The fraction of sp³-hybridized carbons (Fsp3) is 0.424. The van der Waals surface area contributed by atoms with Crippen molar-refractivity contribution in [1.82, 2.24) is 15.5 Å². The van der Waals surface area contributed by atoms with Gasteiger partial charge in [-0.1, -0.05) is 73.2 Å². The van der Waals surface area contributed by atoms with E-state index in [2.05, 4.69) is 23.3 Å². The molecule has 3 atom stereocenters. The molecule has 1 fully saturated rings. The second-order valence-electron chi connectivity index (χ2n) is 10.4. The molecular formula is C33H43N3O5S2. The Labute approximate surface area is 264 Å². The molecule has 10 heteroatoms. The minimum absolute atomic E-state index is 0.129. The number of aliphatic hydroxyl groups excluding tert-OH is 2. The summed E-state index contributed by atoms with van der Waals surface area (Å²) in [6.45, 7) is 3.39. The van der Waals surface area contributed by atoms with Crippen LogP contribution in [-0.2, 0) is 27.5 Å². The van der Waals surface area contributed by atoms with Crippen LogP contribution < -0.4 is 10.6 Å². The number of hydrogen-bond acceptors (Lipinski definition) is 9. The standard InChI is InChI=1S/C33H43N3O5S2/c37-20-18-34-16-8-3-9-17-35-31(38)28-15-14-27(32(39)36-19-21-43-33(36)42)22-29(40-23-25-10-4-1-5-11-25)30(28)41-24-26-12-6-2-7-13-26/h1-2,4-7,10-15,22,29,31,33-35,37-38,42H,3,8-9,16-21,23-24H2. The van der Waals surface area contributed by atoms with E-state index in [4.69, 9.17) is 14.6 Å². The summed E-state index contributed by atoms with van der Waals surface area (Å²) in [7, 11) is 0. The van der Waals surface area contributed by atoms with Gasteiger partial charge in [-0.3, -0.25) is 10.1 Å². The first-order valence-electron chi connectivity index (χ1n) is 14.9. The number of unbranched alkanes of at least 4 members (excludes halogenated alkanes) is 2.